The molecule has 1 heterocycles. The molecule has 1 aliphatic rings. The zero-order chi connectivity index (χ0) is 13.5. The van der Waals surface area contributed by atoms with Gasteiger partial charge in [0.2, 0.25) is 5.91 Å². The van der Waals surface area contributed by atoms with Crippen LogP contribution in [-0.4, -0.2) is 62.5 Å². The Balaban J connectivity index is 2.30. The molecule has 0 aromatic rings. The molecule has 1 saturated heterocycles. The molecule has 2 atom stereocenters. The fourth-order valence-corrected chi connectivity index (χ4v) is 2.80. The van der Waals surface area contributed by atoms with Crippen LogP contribution in [0.2, 0.25) is 0 Å². The lowest BCUT2D eigenvalue weighted by molar-refractivity contribution is -0.134. The van der Waals surface area contributed by atoms with E-state index in [0.29, 0.717) is 24.3 Å². The van der Waals surface area contributed by atoms with Gasteiger partial charge in [0.15, 0.2) is 0 Å². The maximum atomic E-state index is 12.2. The highest BCUT2D eigenvalue weighted by molar-refractivity contribution is 5.78. The van der Waals surface area contributed by atoms with Crippen LogP contribution >= 0.6 is 0 Å². The van der Waals surface area contributed by atoms with E-state index < -0.39 is 0 Å². The summed E-state index contributed by atoms with van der Waals surface area (Å²) < 4.78 is 0. The number of nitrogens with zero attached hydrogens (tertiary/aromatic N) is 2. The topological polar surface area (TPSA) is 35.6 Å². The van der Waals surface area contributed by atoms with E-state index in [1.165, 1.54) is 6.42 Å². The van der Waals surface area contributed by atoms with Gasteiger partial charge in [-0.25, -0.2) is 0 Å². The minimum absolute atomic E-state index is 0.292. The molecule has 1 amide bonds. The van der Waals surface area contributed by atoms with Gasteiger partial charge in [0.1, 0.15) is 0 Å². The van der Waals surface area contributed by atoms with E-state index in [4.69, 9.17) is 0 Å². The predicted molar refractivity (Wildman–Crippen MR) is 75.6 cm³/mol. The van der Waals surface area contributed by atoms with Crippen molar-refractivity contribution in [3.63, 3.8) is 0 Å². The zero-order valence-electron chi connectivity index (χ0n) is 12.4. The Kier molecular flexibility index (Phi) is 6.65. The van der Waals surface area contributed by atoms with Gasteiger partial charge in [-0.15, -0.1) is 0 Å². The molecular weight excluding hydrogens is 226 g/mol. The van der Waals surface area contributed by atoms with Crippen LogP contribution in [0.15, 0.2) is 0 Å². The predicted octanol–water partition coefficient (Wildman–Crippen LogP) is 1.03. The van der Waals surface area contributed by atoms with E-state index in [2.05, 4.69) is 24.1 Å². The summed E-state index contributed by atoms with van der Waals surface area (Å²) in [5.74, 6) is 1.58. The summed E-state index contributed by atoms with van der Waals surface area (Å²) in [4.78, 5) is 16.4. The van der Waals surface area contributed by atoms with Crippen LogP contribution in [0.25, 0.3) is 0 Å². The smallest absolute Gasteiger partial charge is 0.236 e. The van der Waals surface area contributed by atoms with Crippen LogP contribution in [0.1, 0.15) is 26.7 Å². The number of hydrogen-bond donors (Lipinski definition) is 1. The van der Waals surface area contributed by atoms with E-state index in [-0.39, 0.29) is 0 Å². The Morgan fingerprint density at radius 3 is 2.50 bits per heavy atom. The van der Waals surface area contributed by atoms with Crippen LogP contribution in [0.3, 0.4) is 0 Å². The summed E-state index contributed by atoms with van der Waals surface area (Å²) in [6.45, 7) is 8.91. The summed E-state index contributed by atoms with van der Waals surface area (Å²) in [6, 6.07) is 0. The molecule has 0 saturated carbocycles. The number of piperidine rings is 1. The molecule has 0 aromatic carbocycles. The van der Waals surface area contributed by atoms with Crippen LogP contribution in [0, 0.1) is 11.8 Å². The average Bonchev–Trinajstić information content (AvgIpc) is 2.28. The third kappa shape index (κ3) is 5.36. The highest BCUT2D eigenvalue weighted by Crippen LogP contribution is 2.20. The molecule has 0 spiro atoms. The largest absolute Gasteiger partial charge is 0.341 e. The normalized spacial score (nSPS) is 24.6. The van der Waals surface area contributed by atoms with Gasteiger partial charge in [-0.2, -0.15) is 0 Å². The molecule has 106 valence electrons. The summed E-state index contributed by atoms with van der Waals surface area (Å²) >= 11 is 0. The van der Waals surface area contributed by atoms with E-state index in [1.54, 1.807) is 0 Å². The van der Waals surface area contributed by atoms with Crippen molar-refractivity contribution in [1.29, 1.82) is 0 Å². The van der Waals surface area contributed by atoms with Crippen LogP contribution in [0.5, 0.6) is 0 Å². The van der Waals surface area contributed by atoms with E-state index in [0.717, 1.165) is 32.6 Å². The lowest BCUT2D eigenvalue weighted by atomic mass is 9.92. The first-order chi connectivity index (χ1) is 8.52. The molecule has 0 aromatic heterocycles. The van der Waals surface area contributed by atoms with Crippen LogP contribution in [0.4, 0.5) is 0 Å². The first-order valence-corrected chi connectivity index (χ1v) is 7.13. The SMILES string of the molecule is CNCCCN(C)CC(=O)N1CC(C)CC(C)C1. The van der Waals surface area contributed by atoms with Gasteiger partial charge in [0, 0.05) is 13.1 Å². The van der Waals surface area contributed by atoms with E-state index in [9.17, 15) is 4.79 Å². The van der Waals surface area contributed by atoms with Gasteiger partial charge < -0.3 is 10.2 Å². The quantitative estimate of drug-likeness (QED) is 0.720. The number of amides is 1. The van der Waals surface area contributed by atoms with E-state index >= 15 is 0 Å². The highest BCUT2D eigenvalue weighted by atomic mass is 16.2. The molecule has 1 N–H and O–H groups in total. The van der Waals surface area contributed by atoms with Crippen molar-refractivity contribution in [2.45, 2.75) is 26.7 Å². The molecule has 18 heavy (non-hydrogen) atoms. The van der Waals surface area contributed by atoms with Crippen molar-refractivity contribution in [3.05, 3.63) is 0 Å². The van der Waals surface area contributed by atoms with Crippen molar-refractivity contribution in [3.8, 4) is 0 Å². The summed E-state index contributed by atoms with van der Waals surface area (Å²) in [7, 11) is 3.99. The Morgan fingerprint density at radius 1 is 1.33 bits per heavy atom. The molecule has 0 radical (unpaired) electrons. The van der Waals surface area contributed by atoms with Crippen molar-refractivity contribution >= 4 is 5.91 Å². The summed E-state index contributed by atoms with van der Waals surface area (Å²) in [5.41, 5.74) is 0. The maximum Gasteiger partial charge on any atom is 0.236 e. The molecule has 1 fully saturated rings. The Hall–Kier alpha value is -0.610. The number of carbonyl (C=O) groups excluding carboxylic acids is 1. The second-order valence-electron chi connectivity index (χ2n) is 5.94. The third-order valence-corrected chi connectivity index (χ3v) is 3.59. The van der Waals surface area contributed by atoms with Crippen molar-refractivity contribution < 1.29 is 4.79 Å². The number of carbonyl (C=O) groups is 1. The number of nitrogens with one attached hydrogen (secondary N) is 1. The first kappa shape index (κ1) is 15.4. The van der Waals surface area contributed by atoms with Gasteiger partial charge >= 0.3 is 0 Å². The number of rotatable bonds is 6. The molecule has 0 aliphatic carbocycles. The van der Waals surface area contributed by atoms with Gasteiger partial charge in [0.25, 0.3) is 0 Å². The first-order valence-electron chi connectivity index (χ1n) is 7.13. The molecule has 1 aliphatic heterocycles. The van der Waals surface area contributed by atoms with E-state index in [1.807, 2.05) is 19.0 Å². The Bertz CT molecular complexity index is 247. The standard InChI is InChI=1S/C14H29N3O/c1-12-8-13(2)10-17(9-12)14(18)11-16(4)7-5-6-15-3/h12-13,15H,5-11H2,1-4H3. The Morgan fingerprint density at radius 2 is 1.94 bits per heavy atom. The maximum absolute atomic E-state index is 12.2. The fraction of sp³-hybridized carbons (Fsp3) is 0.929. The minimum Gasteiger partial charge on any atom is -0.341 e. The average molecular weight is 255 g/mol. The zero-order valence-corrected chi connectivity index (χ0v) is 12.4. The van der Waals surface area contributed by atoms with Crippen molar-refractivity contribution in [2.75, 3.05) is 46.8 Å². The lowest BCUT2D eigenvalue weighted by Crippen LogP contribution is -2.46. The molecule has 1 rings (SSSR count). The van der Waals surface area contributed by atoms with Gasteiger partial charge in [-0.1, -0.05) is 13.8 Å². The molecule has 4 heteroatoms. The van der Waals surface area contributed by atoms with Crippen LogP contribution < -0.4 is 5.32 Å². The van der Waals surface area contributed by atoms with Gasteiger partial charge in [-0.3, -0.25) is 9.69 Å². The molecular formula is C14H29N3O. The number of hydrogen-bond acceptors (Lipinski definition) is 3. The Labute approximate surface area is 112 Å². The lowest BCUT2D eigenvalue weighted by Gasteiger charge is -2.35. The number of likely N-dealkylation sites (N-methyl/N-ethyl adjacent to an activating group) is 1. The fourth-order valence-electron chi connectivity index (χ4n) is 2.80. The second-order valence-corrected chi connectivity index (χ2v) is 5.94. The second kappa shape index (κ2) is 7.74. The van der Waals surface area contributed by atoms with Gasteiger partial charge in [-0.05, 0) is 51.9 Å². The van der Waals surface area contributed by atoms with Crippen molar-refractivity contribution in [1.82, 2.24) is 15.1 Å². The third-order valence-electron chi connectivity index (χ3n) is 3.59. The highest BCUT2D eigenvalue weighted by Gasteiger charge is 2.25. The molecule has 4 nitrogen and oxygen atoms in total. The number of likely N-dealkylation sites (tertiary alicyclic amines) is 1. The monoisotopic (exact) mass is 255 g/mol. The van der Waals surface area contributed by atoms with Gasteiger partial charge in [0.05, 0.1) is 6.54 Å². The van der Waals surface area contributed by atoms with Crippen LogP contribution in [-0.2, 0) is 4.79 Å². The summed E-state index contributed by atoms with van der Waals surface area (Å²) in [5, 5.41) is 3.13. The molecule has 0 bridgehead atoms. The minimum atomic E-state index is 0.292. The molecule has 2 unspecified atom stereocenters. The summed E-state index contributed by atoms with van der Waals surface area (Å²) in [6.07, 6.45) is 2.34. The van der Waals surface area contributed by atoms with Crippen molar-refractivity contribution in [2.24, 2.45) is 11.8 Å².